The summed E-state index contributed by atoms with van der Waals surface area (Å²) in [4.78, 5) is 30.0. The highest BCUT2D eigenvalue weighted by atomic mass is 16.5. The van der Waals surface area contributed by atoms with Crippen LogP contribution in [0.5, 0.6) is 5.75 Å². The molecule has 1 atom stereocenters. The van der Waals surface area contributed by atoms with Crippen molar-refractivity contribution >= 4 is 23.0 Å². The summed E-state index contributed by atoms with van der Waals surface area (Å²) in [7, 11) is 3.24. The summed E-state index contributed by atoms with van der Waals surface area (Å²) in [6, 6.07) is 14.5. The minimum Gasteiger partial charge on any atom is -0.490 e. The van der Waals surface area contributed by atoms with E-state index in [1.807, 2.05) is 23.9 Å². The molecule has 222 valence electrons. The van der Waals surface area contributed by atoms with Gasteiger partial charge in [-0.25, -0.2) is 19.5 Å². The number of carbonyl (C=O) groups is 2. The maximum atomic E-state index is 13.3. The smallest absolute Gasteiger partial charge is 0.336 e. The molecule has 8 heteroatoms. The molecule has 1 unspecified atom stereocenters. The van der Waals surface area contributed by atoms with Crippen molar-refractivity contribution < 1.29 is 19.1 Å². The molecule has 1 aromatic heterocycles. The normalized spacial score (nSPS) is 14.5. The van der Waals surface area contributed by atoms with E-state index in [9.17, 15) is 9.59 Å². The predicted molar refractivity (Wildman–Crippen MR) is 163 cm³/mol. The quantitative estimate of drug-likeness (QED) is 0.235. The molecular weight excluding hydrogens is 516 g/mol. The van der Waals surface area contributed by atoms with Crippen LogP contribution < -0.4 is 15.1 Å². The van der Waals surface area contributed by atoms with Crippen LogP contribution in [0.3, 0.4) is 0 Å². The molecule has 1 aliphatic carbocycles. The first-order chi connectivity index (χ1) is 19.9. The predicted octanol–water partition coefficient (Wildman–Crippen LogP) is 6.69. The van der Waals surface area contributed by atoms with Gasteiger partial charge in [0, 0.05) is 19.5 Å². The lowest BCUT2D eigenvalue weighted by Gasteiger charge is -2.27. The molecular formula is C33H46N4O4. The molecule has 8 nitrogen and oxygen atoms in total. The molecule has 0 spiro atoms. The van der Waals surface area contributed by atoms with Crippen LogP contribution in [0.4, 0.5) is 4.79 Å². The van der Waals surface area contributed by atoms with Crippen LogP contribution in [-0.4, -0.2) is 48.0 Å². The number of carbonyl (C=O) groups excluding carboxylic acids is 2. The van der Waals surface area contributed by atoms with Crippen LogP contribution in [0.25, 0.3) is 11.0 Å². The first-order valence-electron chi connectivity index (χ1n) is 15.3. The number of benzene rings is 2. The van der Waals surface area contributed by atoms with Gasteiger partial charge in [0.05, 0.1) is 24.6 Å². The fraction of sp³-hybridized carbons (Fsp3) is 0.545. The van der Waals surface area contributed by atoms with Crippen molar-refractivity contribution in [3.05, 3.63) is 59.4 Å². The zero-order valence-electron chi connectivity index (χ0n) is 25.2. The number of methoxy groups -OCH3 is 1. The molecule has 2 amide bonds. The minimum absolute atomic E-state index is 0.0801. The van der Waals surface area contributed by atoms with Gasteiger partial charge in [-0.2, -0.15) is 0 Å². The highest BCUT2D eigenvalue weighted by molar-refractivity contribution is 5.87. The average Bonchev–Trinajstić information content (AvgIpc) is 3.34. The molecule has 1 fully saturated rings. The Kier molecular flexibility index (Phi) is 11.0. The molecule has 41 heavy (non-hydrogen) atoms. The Morgan fingerprint density at radius 2 is 1.78 bits per heavy atom. The van der Waals surface area contributed by atoms with Gasteiger partial charge in [-0.1, -0.05) is 64.2 Å². The van der Waals surface area contributed by atoms with Gasteiger partial charge < -0.3 is 14.8 Å². The summed E-state index contributed by atoms with van der Waals surface area (Å²) in [5.74, 6) is 1.40. The number of ether oxygens (including phenoxy) is 2. The second kappa shape index (κ2) is 14.9. The molecule has 0 bridgehead atoms. The second-order valence-electron chi connectivity index (χ2n) is 11.2. The van der Waals surface area contributed by atoms with Crippen LogP contribution in [0.1, 0.15) is 95.0 Å². The largest absolute Gasteiger partial charge is 0.490 e. The molecule has 4 rings (SSSR count). The van der Waals surface area contributed by atoms with E-state index in [2.05, 4.69) is 49.5 Å². The number of nitrogens with zero attached hydrogens (tertiary/aromatic N) is 3. The Balaban J connectivity index is 1.51. The highest BCUT2D eigenvalue weighted by Gasteiger charge is 2.22. The summed E-state index contributed by atoms with van der Waals surface area (Å²) in [5.41, 5.74) is 4.14. The molecule has 2 aromatic carbocycles. The van der Waals surface area contributed by atoms with E-state index in [1.165, 1.54) is 26.4 Å². The van der Waals surface area contributed by atoms with Crippen molar-refractivity contribution in [1.29, 1.82) is 0 Å². The standard InChI is InChI=1S/C33H46N4O4/c1-5-7-14-31-35-29-20-17-25(22-30(29)37(31)36(3)33(39)34-26-12-9-8-10-13-26)21-24-15-18-27(19-16-24)41-28(11-6-2)23-32(38)40-4/h15-20,22,26,28H,5-14,21,23H2,1-4H3,(H,34,39). The lowest BCUT2D eigenvalue weighted by Crippen LogP contribution is -2.48. The van der Waals surface area contributed by atoms with Gasteiger partial charge in [-0.05, 0) is 67.5 Å². The summed E-state index contributed by atoms with van der Waals surface area (Å²) in [6.45, 7) is 4.25. The van der Waals surface area contributed by atoms with Crippen LogP contribution in [0, 0.1) is 0 Å². The molecule has 0 aliphatic heterocycles. The summed E-state index contributed by atoms with van der Waals surface area (Å²) in [6.07, 6.45) is 11.1. The van der Waals surface area contributed by atoms with Crippen LogP contribution in [0.15, 0.2) is 42.5 Å². The third-order valence-electron chi connectivity index (χ3n) is 7.91. The number of unbranched alkanes of at least 4 members (excludes halogenated alkanes) is 1. The number of amides is 2. The van der Waals surface area contributed by atoms with E-state index < -0.39 is 0 Å². The maximum absolute atomic E-state index is 13.3. The average molecular weight is 563 g/mol. The number of fused-ring (bicyclic) bond motifs is 1. The van der Waals surface area contributed by atoms with E-state index in [1.54, 1.807) is 5.01 Å². The molecule has 1 aliphatic rings. The Morgan fingerprint density at radius 1 is 1.05 bits per heavy atom. The molecule has 0 saturated heterocycles. The van der Waals surface area contributed by atoms with Crippen molar-refractivity contribution in [2.45, 2.75) is 103 Å². The van der Waals surface area contributed by atoms with E-state index in [0.29, 0.717) is 0 Å². The topological polar surface area (TPSA) is 85.7 Å². The lowest BCUT2D eigenvalue weighted by atomic mass is 9.96. The second-order valence-corrected chi connectivity index (χ2v) is 11.2. The number of aryl methyl sites for hydroxylation is 1. The third-order valence-corrected chi connectivity index (χ3v) is 7.91. The molecule has 3 aromatic rings. The molecule has 1 saturated carbocycles. The first kappa shape index (κ1) is 30.4. The Hall–Kier alpha value is -3.55. The number of nitrogens with one attached hydrogen (secondary N) is 1. The van der Waals surface area contributed by atoms with Gasteiger partial charge in [-0.15, -0.1) is 0 Å². The van der Waals surface area contributed by atoms with Gasteiger partial charge in [0.1, 0.15) is 17.7 Å². The first-order valence-corrected chi connectivity index (χ1v) is 15.3. The number of hydrogen-bond donors (Lipinski definition) is 1. The highest BCUT2D eigenvalue weighted by Crippen LogP contribution is 2.24. The van der Waals surface area contributed by atoms with E-state index in [4.69, 9.17) is 14.5 Å². The number of hydrogen-bond acceptors (Lipinski definition) is 5. The van der Waals surface area contributed by atoms with Crippen molar-refractivity contribution in [3.63, 3.8) is 0 Å². The number of imidazole rings is 1. The van der Waals surface area contributed by atoms with Gasteiger partial charge in [0.25, 0.3) is 0 Å². The zero-order chi connectivity index (χ0) is 29.2. The van der Waals surface area contributed by atoms with Crippen molar-refractivity contribution in [3.8, 4) is 5.75 Å². The van der Waals surface area contributed by atoms with Crippen LogP contribution in [-0.2, 0) is 22.4 Å². The monoisotopic (exact) mass is 562 g/mol. The number of aromatic nitrogens is 2. The molecule has 1 N–H and O–H groups in total. The fourth-order valence-electron chi connectivity index (χ4n) is 5.61. The molecule has 1 heterocycles. The Morgan fingerprint density at radius 3 is 2.46 bits per heavy atom. The van der Waals surface area contributed by atoms with Gasteiger partial charge >= 0.3 is 12.0 Å². The summed E-state index contributed by atoms with van der Waals surface area (Å²) < 4.78 is 12.9. The Labute approximate surface area is 244 Å². The Bertz CT molecular complexity index is 1280. The summed E-state index contributed by atoms with van der Waals surface area (Å²) >= 11 is 0. The minimum atomic E-state index is -0.260. The van der Waals surface area contributed by atoms with E-state index in [-0.39, 0.29) is 30.6 Å². The van der Waals surface area contributed by atoms with Gasteiger partial charge in [0.15, 0.2) is 0 Å². The fourth-order valence-corrected chi connectivity index (χ4v) is 5.61. The van der Waals surface area contributed by atoms with Crippen molar-refractivity contribution in [2.75, 3.05) is 19.2 Å². The number of urea groups is 1. The van der Waals surface area contributed by atoms with Crippen molar-refractivity contribution in [2.24, 2.45) is 0 Å². The van der Waals surface area contributed by atoms with E-state index in [0.717, 1.165) is 85.1 Å². The van der Waals surface area contributed by atoms with Gasteiger partial charge in [-0.3, -0.25) is 4.79 Å². The number of rotatable bonds is 13. The van der Waals surface area contributed by atoms with E-state index >= 15 is 0 Å². The van der Waals surface area contributed by atoms with Crippen molar-refractivity contribution in [1.82, 2.24) is 15.0 Å². The SMILES string of the molecule is CCCCc1nc2ccc(Cc3ccc(OC(CCC)CC(=O)OC)cc3)cc2n1N(C)C(=O)NC1CCCCC1. The lowest BCUT2D eigenvalue weighted by molar-refractivity contribution is -0.142. The molecule has 0 radical (unpaired) electrons. The van der Waals surface area contributed by atoms with Crippen LogP contribution in [0.2, 0.25) is 0 Å². The van der Waals surface area contributed by atoms with Crippen LogP contribution >= 0.6 is 0 Å². The number of esters is 1. The zero-order valence-corrected chi connectivity index (χ0v) is 25.2. The summed E-state index contributed by atoms with van der Waals surface area (Å²) in [5, 5.41) is 4.95. The third kappa shape index (κ3) is 8.24. The van der Waals surface area contributed by atoms with Gasteiger partial charge in [0.2, 0.25) is 0 Å². The maximum Gasteiger partial charge on any atom is 0.336 e.